The SMILES string of the molecule is C=C(C)C(=O)OCCOC(=O)NCC(C)(C)CC(C)CCNC(=O)OC. The summed E-state index contributed by atoms with van der Waals surface area (Å²) < 4.78 is 14.3. The van der Waals surface area contributed by atoms with Gasteiger partial charge in [0.1, 0.15) is 13.2 Å². The van der Waals surface area contributed by atoms with E-state index in [-0.39, 0.29) is 18.6 Å². The molecule has 0 spiro atoms. The van der Waals surface area contributed by atoms with Crippen LogP contribution >= 0.6 is 0 Å². The number of esters is 1. The van der Waals surface area contributed by atoms with E-state index >= 15 is 0 Å². The topological polar surface area (TPSA) is 103 Å². The molecule has 0 aliphatic carbocycles. The first-order valence-electron chi connectivity index (χ1n) is 8.62. The molecular weight excluding hydrogens is 340 g/mol. The Bertz CT molecular complexity index is 490. The van der Waals surface area contributed by atoms with Crippen LogP contribution in [0.15, 0.2) is 12.2 Å². The Morgan fingerprint density at radius 2 is 1.69 bits per heavy atom. The van der Waals surface area contributed by atoms with Gasteiger partial charge in [0.15, 0.2) is 0 Å². The predicted molar refractivity (Wildman–Crippen MR) is 97.7 cm³/mol. The van der Waals surface area contributed by atoms with Gasteiger partial charge in [-0.05, 0) is 31.1 Å². The fourth-order valence-electron chi connectivity index (χ4n) is 2.36. The Morgan fingerprint density at radius 3 is 2.27 bits per heavy atom. The second-order valence-electron chi connectivity index (χ2n) is 7.09. The molecule has 1 atom stereocenters. The van der Waals surface area contributed by atoms with E-state index in [4.69, 9.17) is 9.47 Å². The Balaban J connectivity index is 3.95. The summed E-state index contributed by atoms with van der Waals surface area (Å²) in [4.78, 5) is 33.9. The van der Waals surface area contributed by atoms with Crippen LogP contribution < -0.4 is 10.6 Å². The van der Waals surface area contributed by atoms with Crippen LogP contribution in [-0.2, 0) is 19.0 Å². The molecule has 1 unspecified atom stereocenters. The van der Waals surface area contributed by atoms with Crippen LogP contribution in [0.4, 0.5) is 9.59 Å². The number of nitrogens with one attached hydrogen (secondary N) is 2. The maximum Gasteiger partial charge on any atom is 0.407 e. The molecule has 0 rings (SSSR count). The maximum atomic E-state index is 11.7. The summed E-state index contributed by atoms with van der Waals surface area (Å²) in [5.74, 6) is -0.146. The van der Waals surface area contributed by atoms with Crippen molar-refractivity contribution in [3.8, 4) is 0 Å². The standard InChI is InChI=1S/C18H32N2O6/c1-13(2)15(21)25-9-10-26-17(23)20-12-18(4,5)11-14(3)7-8-19-16(22)24-6/h14H,1,7-12H2,2-6H3,(H,19,22)(H,20,23). The monoisotopic (exact) mass is 372 g/mol. The van der Waals surface area contributed by atoms with Crippen LogP contribution in [0.5, 0.6) is 0 Å². The smallest absolute Gasteiger partial charge is 0.407 e. The van der Waals surface area contributed by atoms with Crippen molar-refractivity contribution < 1.29 is 28.6 Å². The molecule has 150 valence electrons. The van der Waals surface area contributed by atoms with E-state index in [0.29, 0.717) is 24.6 Å². The van der Waals surface area contributed by atoms with Crippen LogP contribution in [0.25, 0.3) is 0 Å². The number of amides is 2. The molecule has 0 aliphatic rings. The quantitative estimate of drug-likeness (QED) is 0.250. The molecule has 0 saturated carbocycles. The van der Waals surface area contributed by atoms with E-state index in [1.165, 1.54) is 7.11 Å². The van der Waals surface area contributed by atoms with Crippen molar-refractivity contribution in [1.82, 2.24) is 10.6 Å². The number of methoxy groups -OCH3 is 1. The van der Waals surface area contributed by atoms with E-state index < -0.39 is 18.2 Å². The van der Waals surface area contributed by atoms with Gasteiger partial charge in [0, 0.05) is 18.7 Å². The lowest BCUT2D eigenvalue weighted by Crippen LogP contribution is -2.36. The van der Waals surface area contributed by atoms with Crippen LogP contribution in [0.2, 0.25) is 0 Å². The highest BCUT2D eigenvalue weighted by atomic mass is 16.6. The lowest BCUT2D eigenvalue weighted by molar-refractivity contribution is -0.139. The summed E-state index contributed by atoms with van der Waals surface area (Å²) in [6, 6.07) is 0. The van der Waals surface area contributed by atoms with Gasteiger partial charge in [0.25, 0.3) is 0 Å². The third-order valence-electron chi connectivity index (χ3n) is 3.60. The van der Waals surface area contributed by atoms with Crippen LogP contribution in [0, 0.1) is 11.3 Å². The number of carbonyl (C=O) groups excluding carboxylic acids is 3. The average molecular weight is 372 g/mol. The van der Waals surface area contributed by atoms with E-state index in [1.54, 1.807) is 6.92 Å². The third kappa shape index (κ3) is 12.2. The number of alkyl carbamates (subject to hydrolysis) is 2. The van der Waals surface area contributed by atoms with Crippen LogP contribution in [0.1, 0.15) is 40.5 Å². The van der Waals surface area contributed by atoms with Gasteiger partial charge in [-0.2, -0.15) is 0 Å². The van der Waals surface area contributed by atoms with Gasteiger partial charge in [-0.15, -0.1) is 0 Å². The third-order valence-corrected chi connectivity index (χ3v) is 3.60. The highest BCUT2D eigenvalue weighted by Gasteiger charge is 2.22. The molecule has 0 aromatic heterocycles. The molecule has 2 N–H and O–H groups in total. The van der Waals surface area contributed by atoms with Crippen molar-refractivity contribution in [2.45, 2.75) is 40.5 Å². The average Bonchev–Trinajstić information content (AvgIpc) is 2.55. The van der Waals surface area contributed by atoms with E-state index in [1.807, 2.05) is 13.8 Å². The first kappa shape index (κ1) is 23.8. The van der Waals surface area contributed by atoms with Gasteiger partial charge >= 0.3 is 18.2 Å². The normalized spacial score (nSPS) is 11.9. The number of hydrogen-bond acceptors (Lipinski definition) is 6. The Kier molecular flexibility index (Phi) is 11.1. The summed E-state index contributed by atoms with van der Waals surface area (Å²) >= 11 is 0. The molecule has 8 nitrogen and oxygen atoms in total. The Labute approximate surface area is 155 Å². The molecule has 0 aromatic rings. The summed E-state index contributed by atoms with van der Waals surface area (Å²) in [7, 11) is 1.33. The second-order valence-corrected chi connectivity index (χ2v) is 7.09. The molecule has 0 aromatic carbocycles. The summed E-state index contributed by atoms with van der Waals surface area (Å²) in [6.07, 6.45) is 0.697. The molecule has 2 amide bonds. The molecule has 0 radical (unpaired) electrons. The largest absolute Gasteiger partial charge is 0.459 e. The van der Waals surface area contributed by atoms with E-state index in [2.05, 4.69) is 28.9 Å². The summed E-state index contributed by atoms with van der Waals surface area (Å²) in [6.45, 7) is 12.2. The van der Waals surface area contributed by atoms with Crippen molar-refractivity contribution in [1.29, 1.82) is 0 Å². The molecule has 0 aliphatic heterocycles. The Hall–Kier alpha value is -2.25. The molecule has 0 fully saturated rings. The van der Waals surface area contributed by atoms with E-state index in [9.17, 15) is 14.4 Å². The number of rotatable bonds is 11. The van der Waals surface area contributed by atoms with Gasteiger partial charge < -0.3 is 24.8 Å². The van der Waals surface area contributed by atoms with Crippen molar-refractivity contribution in [2.24, 2.45) is 11.3 Å². The first-order valence-corrected chi connectivity index (χ1v) is 8.62. The van der Waals surface area contributed by atoms with Crippen molar-refractivity contribution in [3.63, 3.8) is 0 Å². The minimum Gasteiger partial charge on any atom is -0.459 e. The lowest BCUT2D eigenvalue weighted by atomic mass is 9.82. The van der Waals surface area contributed by atoms with Crippen molar-refractivity contribution in [2.75, 3.05) is 33.4 Å². The predicted octanol–water partition coefficient (Wildman–Crippen LogP) is 2.63. The number of carbonyl (C=O) groups is 3. The van der Waals surface area contributed by atoms with Crippen molar-refractivity contribution in [3.05, 3.63) is 12.2 Å². The van der Waals surface area contributed by atoms with Gasteiger partial charge in [-0.3, -0.25) is 0 Å². The molecule has 0 bridgehead atoms. The van der Waals surface area contributed by atoms with Crippen LogP contribution in [-0.4, -0.2) is 51.6 Å². The fraction of sp³-hybridized carbons (Fsp3) is 0.722. The highest BCUT2D eigenvalue weighted by molar-refractivity contribution is 5.86. The summed E-state index contributed by atoms with van der Waals surface area (Å²) in [5, 5.41) is 5.36. The lowest BCUT2D eigenvalue weighted by Gasteiger charge is -2.28. The van der Waals surface area contributed by atoms with Gasteiger partial charge in [0.05, 0.1) is 7.11 Å². The second kappa shape index (κ2) is 12.2. The zero-order chi connectivity index (χ0) is 20.2. The van der Waals surface area contributed by atoms with Crippen LogP contribution in [0.3, 0.4) is 0 Å². The van der Waals surface area contributed by atoms with Crippen molar-refractivity contribution >= 4 is 18.2 Å². The minimum atomic E-state index is -0.551. The molecule has 0 saturated heterocycles. The maximum absolute atomic E-state index is 11.7. The molecule has 0 heterocycles. The molecular formula is C18H32N2O6. The first-order chi connectivity index (χ1) is 12.1. The fourth-order valence-corrected chi connectivity index (χ4v) is 2.36. The van der Waals surface area contributed by atoms with Gasteiger partial charge in [0.2, 0.25) is 0 Å². The number of hydrogen-bond donors (Lipinski definition) is 2. The molecule has 26 heavy (non-hydrogen) atoms. The Morgan fingerprint density at radius 1 is 1.08 bits per heavy atom. The van der Waals surface area contributed by atoms with Gasteiger partial charge in [-0.1, -0.05) is 27.4 Å². The number of ether oxygens (including phenoxy) is 3. The molecule has 8 heteroatoms. The summed E-state index contributed by atoms with van der Waals surface area (Å²) in [5.41, 5.74) is 0.169. The zero-order valence-electron chi connectivity index (χ0n) is 16.5. The minimum absolute atomic E-state index is 0.00721. The zero-order valence-corrected chi connectivity index (χ0v) is 16.5. The van der Waals surface area contributed by atoms with E-state index in [0.717, 1.165) is 12.8 Å². The highest BCUT2D eigenvalue weighted by Crippen LogP contribution is 2.26. The van der Waals surface area contributed by atoms with Gasteiger partial charge in [-0.25, -0.2) is 14.4 Å².